The van der Waals surface area contributed by atoms with Crippen molar-refractivity contribution >= 4 is 0 Å². The summed E-state index contributed by atoms with van der Waals surface area (Å²) in [6.45, 7) is 0. The Balaban J connectivity index is 0. The first-order chi connectivity index (χ1) is 0. The van der Waals surface area contributed by atoms with Crippen molar-refractivity contribution in [3.63, 3.8) is 0 Å². The predicted octanol–water partition coefficient (Wildman–Crippen LogP) is -8.47. The van der Waals surface area contributed by atoms with E-state index in [1.54, 1.807) is 0 Å². The molecule has 0 aromatic heterocycles. The molecule has 0 bridgehead atoms. The molecule has 0 aliphatic heterocycles. The van der Waals surface area contributed by atoms with Gasteiger partial charge in [0.15, 0.2) is 0 Å². The Labute approximate surface area is 61.0 Å². The van der Waals surface area contributed by atoms with Crippen molar-refractivity contribution in [1.29, 1.82) is 0 Å². The zero-order valence-electron chi connectivity index (χ0n) is 2.59. The second-order valence-electron chi connectivity index (χ2n) is 0. The van der Waals surface area contributed by atoms with Gasteiger partial charge in [-0.2, -0.15) is 0 Å². The van der Waals surface area contributed by atoms with Crippen molar-refractivity contribution in [2.24, 2.45) is 0 Å². The van der Waals surface area contributed by atoms with Crippen LogP contribution < -0.4 is 24.8 Å². The average Bonchev–Trinajstić information content (AvgIpc) is 0. The van der Waals surface area contributed by atoms with Crippen molar-refractivity contribution in [3.8, 4) is 0 Å². The second kappa shape index (κ2) is 134. The van der Waals surface area contributed by atoms with Crippen LogP contribution in [0.5, 0.6) is 0 Å². The van der Waals surface area contributed by atoms with Crippen LogP contribution in [0.15, 0.2) is 0 Å². The summed E-state index contributed by atoms with van der Waals surface area (Å²) in [6, 6.07) is 0. The molecular weight excluding hydrogens is 222 g/mol. The number of halogens is 2. The molecule has 3 nitrogen and oxygen atoms in total. The molecule has 1 radical (unpaired) electrons. The molecule has 6 N–H and O–H groups in total. The summed E-state index contributed by atoms with van der Waals surface area (Å²) in [5, 5.41) is 0. The molecule has 0 saturated carbocycles. The largest absolute Gasteiger partial charge is 2.00 e. The van der Waals surface area contributed by atoms with E-state index in [-0.39, 0.29) is 60.7 Å². The molecule has 0 heterocycles. The molecule has 0 aliphatic carbocycles. The maximum Gasteiger partial charge on any atom is 2.00 e. The Kier molecular flexibility index (Phi) is 4990. The van der Waals surface area contributed by atoms with Crippen LogP contribution in [-0.2, 0) is 19.5 Å². The second-order valence-corrected chi connectivity index (χ2v) is 0. The van der Waals surface area contributed by atoms with E-state index in [9.17, 15) is 0 Å². The van der Waals surface area contributed by atoms with Crippen molar-refractivity contribution in [2.45, 2.75) is 0 Å². The van der Waals surface area contributed by atoms with Crippen LogP contribution in [0.4, 0.5) is 0 Å². The van der Waals surface area contributed by atoms with Crippen LogP contribution in [0.25, 0.3) is 0 Å². The minimum atomic E-state index is 0. The summed E-state index contributed by atoms with van der Waals surface area (Å²) in [5.74, 6) is 0. The molecule has 0 fully saturated rings. The monoisotopic (exact) mass is 227 g/mol. The van der Waals surface area contributed by atoms with E-state index >= 15 is 0 Å². The van der Waals surface area contributed by atoms with Crippen LogP contribution in [0.2, 0.25) is 0 Å². The molecule has 6 heavy (non-hydrogen) atoms. The van der Waals surface area contributed by atoms with E-state index in [0.29, 0.717) is 0 Å². The van der Waals surface area contributed by atoms with Gasteiger partial charge >= 0.3 is 19.5 Å². The maximum absolute atomic E-state index is 0. The van der Waals surface area contributed by atoms with Crippen LogP contribution in [-0.4, -0.2) is 16.4 Å². The van der Waals surface area contributed by atoms with Crippen LogP contribution in [0.1, 0.15) is 0 Å². The zero-order valence-corrected chi connectivity index (χ0v) is 5.74. The Morgan fingerprint density at radius 2 is 0.500 bits per heavy atom. The molecule has 0 aromatic carbocycles. The number of rotatable bonds is 0. The fraction of sp³-hybridized carbons (Fsp3) is 0. The minimum Gasteiger partial charge on any atom is -1.00 e. The summed E-state index contributed by atoms with van der Waals surface area (Å²) < 4.78 is 0. The normalized spacial score (nSPS) is 0. The van der Waals surface area contributed by atoms with Gasteiger partial charge in [-0.3, -0.25) is 0 Å². The molecule has 0 saturated heterocycles. The third-order valence-corrected chi connectivity index (χ3v) is 0. The predicted molar refractivity (Wildman–Crippen MR) is 10.8 cm³/mol. The standard InChI is InChI=1S/2ClH.3H2O.Rh/h2*1H;3*1H2;/q;;;;;+2/p-2. The molecular formula is H6Cl2O3Rh. The summed E-state index contributed by atoms with van der Waals surface area (Å²) in [7, 11) is 0. The van der Waals surface area contributed by atoms with Crippen molar-refractivity contribution in [2.75, 3.05) is 0 Å². The fourth-order valence-electron chi connectivity index (χ4n) is 0. The molecule has 47 valence electrons. The van der Waals surface area contributed by atoms with Gasteiger partial charge in [0.05, 0.1) is 0 Å². The first-order valence-electron chi connectivity index (χ1n) is 0. The van der Waals surface area contributed by atoms with Gasteiger partial charge < -0.3 is 41.2 Å². The summed E-state index contributed by atoms with van der Waals surface area (Å²) in [4.78, 5) is 0. The molecule has 0 aromatic rings. The Morgan fingerprint density at radius 1 is 0.500 bits per heavy atom. The van der Waals surface area contributed by atoms with Crippen molar-refractivity contribution in [1.82, 2.24) is 0 Å². The van der Waals surface area contributed by atoms with Gasteiger partial charge in [-0.1, -0.05) is 0 Å². The van der Waals surface area contributed by atoms with Crippen LogP contribution in [0.3, 0.4) is 0 Å². The minimum absolute atomic E-state index is 0. The zero-order chi connectivity index (χ0) is 0. The van der Waals surface area contributed by atoms with Gasteiger partial charge in [-0.25, -0.2) is 0 Å². The van der Waals surface area contributed by atoms with Crippen molar-refractivity contribution in [3.05, 3.63) is 0 Å². The summed E-state index contributed by atoms with van der Waals surface area (Å²) in [5.41, 5.74) is 0. The van der Waals surface area contributed by atoms with E-state index in [4.69, 9.17) is 0 Å². The van der Waals surface area contributed by atoms with E-state index in [2.05, 4.69) is 0 Å². The van der Waals surface area contributed by atoms with Gasteiger partial charge in [-0.05, 0) is 0 Å². The van der Waals surface area contributed by atoms with E-state index < -0.39 is 0 Å². The topological polar surface area (TPSA) is 94.5 Å². The van der Waals surface area contributed by atoms with Gasteiger partial charge in [-0.15, -0.1) is 0 Å². The van der Waals surface area contributed by atoms with Gasteiger partial charge in [0.2, 0.25) is 0 Å². The van der Waals surface area contributed by atoms with Crippen LogP contribution >= 0.6 is 0 Å². The maximum atomic E-state index is 0. The van der Waals surface area contributed by atoms with Gasteiger partial charge in [0.1, 0.15) is 0 Å². The van der Waals surface area contributed by atoms with Gasteiger partial charge in [0, 0.05) is 0 Å². The molecule has 0 unspecified atom stereocenters. The summed E-state index contributed by atoms with van der Waals surface area (Å²) >= 11 is 0. The SMILES string of the molecule is O.O.O.[Cl-].[Cl-].[Rh+2]. The fourth-order valence-corrected chi connectivity index (χ4v) is 0. The quantitative estimate of drug-likeness (QED) is 0.368. The van der Waals surface area contributed by atoms with E-state index in [1.165, 1.54) is 0 Å². The molecule has 0 rings (SSSR count). The first-order valence-corrected chi connectivity index (χ1v) is 0. The molecule has 0 spiro atoms. The van der Waals surface area contributed by atoms with E-state index in [0.717, 1.165) is 0 Å². The Morgan fingerprint density at radius 3 is 0.500 bits per heavy atom. The number of hydrogen-bond acceptors (Lipinski definition) is 0. The molecule has 0 atom stereocenters. The van der Waals surface area contributed by atoms with Crippen molar-refractivity contribution < 1.29 is 60.7 Å². The third-order valence-electron chi connectivity index (χ3n) is 0. The smallest absolute Gasteiger partial charge is 1.00 e. The Hall–Kier alpha value is 1.08. The Bertz CT molecular complexity index is 8.75. The molecule has 6 heteroatoms. The molecule has 0 aliphatic rings. The van der Waals surface area contributed by atoms with E-state index in [1.807, 2.05) is 0 Å². The number of hydrogen-bond donors (Lipinski definition) is 0. The average molecular weight is 228 g/mol. The summed E-state index contributed by atoms with van der Waals surface area (Å²) in [6.07, 6.45) is 0. The third kappa shape index (κ3) is 72.2. The van der Waals surface area contributed by atoms with Gasteiger partial charge in [0.25, 0.3) is 0 Å². The molecule has 0 amide bonds. The van der Waals surface area contributed by atoms with Crippen LogP contribution in [0, 0.1) is 0 Å². The first kappa shape index (κ1) is 223.